The van der Waals surface area contributed by atoms with Crippen LogP contribution in [-0.2, 0) is 9.53 Å². The van der Waals surface area contributed by atoms with Gasteiger partial charge in [0.1, 0.15) is 11.9 Å². The van der Waals surface area contributed by atoms with Crippen molar-refractivity contribution in [3.63, 3.8) is 0 Å². The van der Waals surface area contributed by atoms with Crippen LogP contribution in [0.2, 0.25) is 0 Å². The Morgan fingerprint density at radius 1 is 1.33 bits per heavy atom. The molecule has 7 heteroatoms. The highest BCUT2D eigenvalue weighted by molar-refractivity contribution is 5.89. The van der Waals surface area contributed by atoms with Crippen LogP contribution in [0.25, 0.3) is 0 Å². The van der Waals surface area contributed by atoms with Gasteiger partial charge in [-0.05, 0) is 44.0 Å². The summed E-state index contributed by atoms with van der Waals surface area (Å²) < 4.78 is 18.3. The van der Waals surface area contributed by atoms with Gasteiger partial charge in [-0.25, -0.2) is 9.18 Å². The van der Waals surface area contributed by atoms with Crippen molar-refractivity contribution in [2.75, 3.05) is 25.0 Å². The molecule has 0 saturated carbocycles. The lowest BCUT2D eigenvalue weighted by molar-refractivity contribution is -0.142. The number of ether oxygens (including phenoxy) is 1. The molecule has 1 aliphatic rings. The second kappa shape index (κ2) is 8.63. The zero-order valence-electron chi connectivity index (χ0n) is 14.0. The first-order chi connectivity index (χ1) is 11.5. The Balaban J connectivity index is 1.81. The van der Waals surface area contributed by atoms with Gasteiger partial charge < -0.3 is 20.3 Å². The fourth-order valence-corrected chi connectivity index (χ4v) is 2.73. The molecule has 0 aliphatic carbocycles. The lowest BCUT2D eigenvalue weighted by Crippen LogP contribution is -2.43. The maximum Gasteiger partial charge on any atom is 0.319 e. The Morgan fingerprint density at radius 2 is 2.04 bits per heavy atom. The molecule has 2 atom stereocenters. The highest BCUT2D eigenvalue weighted by Gasteiger charge is 2.31. The summed E-state index contributed by atoms with van der Waals surface area (Å²) in [7, 11) is 0. The Kier molecular flexibility index (Phi) is 6.54. The van der Waals surface area contributed by atoms with Gasteiger partial charge in [0, 0.05) is 31.4 Å². The van der Waals surface area contributed by atoms with Crippen molar-refractivity contribution < 1.29 is 18.7 Å². The average Bonchev–Trinajstić information content (AvgIpc) is 3.02. The molecule has 2 N–H and O–H groups in total. The van der Waals surface area contributed by atoms with Crippen LogP contribution in [0.15, 0.2) is 24.3 Å². The summed E-state index contributed by atoms with van der Waals surface area (Å²) in [6, 6.07) is 5.08. The number of hydrogen-bond donors (Lipinski definition) is 2. The summed E-state index contributed by atoms with van der Waals surface area (Å²) in [6.45, 7) is 5.35. The molecule has 1 aromatic rings. The molecule has 0 radical (unpaired) electrons. The number of carbonyl (C=O) groups is 2. The van der Waals surface area contributed by atoms with E-state index in [9.17, 15) is 14.0 Å². The maximum atomic E-state index is 12.8. The average molecular weight is 337 g/mol. The number of urea groups is 1. The summed E-state index contributed by atoms with van der Waals surface area (Å²) in [5.41, 5.74) is 0.516. The van der Waals surface area contributed by atoms with Crippen molar-refractivity contribution in [3.8, 4) is 0 Å². The van der Waals surface area contributed by atoms with Crippen LogP contribution in [0.3, 0.4) is 0 Å². The molecule has 0 unspecified atom stereocenters. The van der Waals surface area contributed by atoms with Crippen LogP contribution < -0.4 is 10.6 Å². The van der Waals surface area contributed by atoms with Gasteiger partial charge in [-0.15, -0.1) is 0 Å². The summed E-state index contributed by atoms with van der Waals surface area (Å²) in [4.78, 5) is 26.1. The molecule has 3 amide bonds. The van der Waals surface area contributed by atoms with Crippen LogP contribution in [0.5, 0.6) is 0 Å². The standard InChI is InChI=1S/C17H24FN3O3/c1-3-15(24-4-2)16(22)21-10-9-14(11-21)20-17(23)19-13-7-5-12(18)6-8-13/h5-8,14-15H,3-4,9-11H2,1-2H3,(H2,19,20,23)/t14-,15+/m0/s1. The highest BCUT2D eigenvalue weighted by atomic mass is 19.1. The van der Waals surface area contributed by atoms with Gasteiger partial charge >= 0.3 is 6.03 Å². The maximum absolute atomic E-state index is 12.8. The first kappa shape index (κ1) is 18.2. The Morgan fingerprint density at radius 3 is 2.67 bits per heavy atom. The van der Waals surface area contributed by atoms with E-state index >= 15 is 0 Å². The van der Waals surface area contributed by atoms with E-state index in [0.29, 0.717) is 38.2 Å². The van der Waals surface area contributed by atoms with E-state index in [0.717, 1.165) is 0 Å². The van der Waals surface area contributed by atoms with E-state index in [1.165, 1.54) is 24.3 Å². The van der Waals surface area contributed by atoms with E-state index in [1.54, 1.807) is 4.90 Å². The van der Waals surface area contributed by atoms with Crippen molar-refractivity contribution >= 4 is 17.6 Å². The third kappa shape index (κ3) is 4.92. The van der Waals surface area contributed by atoms with Gasteiger partial charge in [0.2, 0.25) is 0 Å². The number of amides is 3. The SMILES string of the molecule is CCO[C@H](CC)C(=O)N1CC[C@H](NC(=O)Nc2ccc(F)cc2)C1. The second-order valence-corrected chi connectivity index (χ2v) is 5.73. The largest absolute Gasteiger partial charge is 0.369 e. The van der Waals surface area contributed by atoms with E-state index in [2.05, 4.69) is 10.6 Å². The van der Waals surface area contributed by atoms with E-state index in [-0.39, 0.29) is 23.8 Å². The quantitative estimate of drug-likeness (QED) is 0.837. The molecule has 2 rings (SSSR count). The molecule has 0 spiro atoms. The summed E-state index contributed by atoms with van der Waals surface area (Å²) in [5.74, 6) is -0.381. The number of carbonyl (C=O) groups excluding carboxylic acids is 2. The fraction of sp³-hybridized carbons (Fsp3) is 0.529. The van der Waals surface area contributed by atoms with Gasteiger partial charge in [0.05, 0.1) is 0 Å². The van der Waals surface area contributed by atoms with E-state index in [1.807, 2.05) is 13.8 Å². The number of nitrogens with one attached hydrogen (secondary N) is 2. The zero-order valence-corrected chi connectivity index (χ0v) is 14.0. The Bertz CT molecular complexity index is 565. The first-order valence-electron chi connectivity index (χ1n) is 8.27. The lowest BCUT2D eigenvalue weighted by atomic mass is 10.2. The fourth-order valence-electron chi connectivity index (χ4n) is 2.73. The topological polar surface area (TPSA) is 70.7 Å². The van der Waals surface area contributed by atoms with Gasteiger partial charge in [-0.1, -0.05) is 6.92 Å². The number of benzene rings is 1. The van der Waals surface area contributed by atoms with E-state index in [4.69, 9.17) is 4.74 Å². The number of rotatable bonds is 6. The van der Waals surface area contributed by atoms with Crippen LogP contribution in [-0.4, -0.2) is 48.7 Å². The molecule has 1 aliphatic heterocycles. The monoisotopic (exact) mass is 337 g/mol. The van der Waals surface area contributed by atoms with Crippen molar-refractivity contribution in [2.45, 2.75) is 38.8 Å². The van der Waals surface area contributed by atoms with Crippen molar-refractivity contribution in [2.24, 2.45) is 0 Å². The molecule has 0 bridgehead atoms. The van der Waals surface area contributed by atoms with Crippen LogP contribution in [0.4, 0.5) is 14.9 Å². The minimum absolute atomic E-state index is 0.0254. The number of hydrogen-bond acceptors (Lipinski definition) is 3. The van der Waals surface area contributed by atoms with Gasteiger partial charge in [0.25, 0.3) is 5.91 Å². The van der Waals surface area contributed by atoms with Gasteiger partial charge in [-0.2, -0.15) is 0 Å². The van der Waals surface area contributed by atoms with Crippen molar-refractivity contribution in [1.82, 2.24) is 10.2 Å². The number of halogens is 1. The first-order valence-corrected chi connectivity index (χ1v) is 8.27. The van der Waals surface area contributed by atoms with Gasteiger partial charge in [-0.3, -0.25) is 4.79 Å². The summed E-state index contributed by atoms with van der Waals surface area (Å²) in [5, 5.41) is 5.49. The predicted octanol–water partition coefficient (Wildman–Crippen LogP) is 2.36. The van der Waals surface area contributed by atoms with Gasteiger partial charge in [0.15, 0.2) is 0 Å². The number of anilines is 1. The Labute approximate surface area is 141 Å². The third-order valence-electron chi connectivity index (χ3n) is 3.95. The lowest BCUT2D eigenvalue weighted by Gasteiger charge is -2.22. The predicted molar refractivity (Wildman–Crippen MR) is 89.2 cm³/mol. The van der Waals surface area contributed by atoms with Crippen LogP contribution >= 0.6 is 0 Å². The molecule has 6 nitrogen and oxygen atoms in total. The molecule has 1 fully saturated rings. The molecule has 1 aromatic carbocycles. The molecular formula is C17H24FN3O3. The Hall–Kier alpha value is -2.15. The molecular weight excluding hydrogens is 313 g/mol. The minimum atomic E-state index is -0.415. The summed E-state index contributed by atoms with van der Waals surface area (Å²) >= 11 is 0. The van der Waals surface area contributed by atoms with Crippen molar-refractivity contribution in [3.05, 3.63) is 30.1 Å². The molecule has 24 heavy (non-hydrogen) atoms. The van der Waals surface area contributed by atoms with Crippen molar-refractivity contribution in [1.29, 1.82) is 0 Å². The summed E-state index contributed by atoms with van der Waals surface area (Å²) in [6.07, 6.45) is 0.916. The molecule has 0 aromatic heterocycles. The molecule has 132 valence electrons. The van der Waals surface area contributed by atoms with Crippen LogP contribution in [0, 0.1) is 5.82 Å². The number of nitrogens with zero attached hydrogens (tertiary/aromatic N) is 1. The zero-order chi connectivity index (χ0) is 17.5. The highest BCUT2D eigenvalue weighted by Crippen LogP contribution is 2.14. The second-order valence-electron chi connectivity index (χ2n) is 5.73. The third-order valence-corrected chi connectivity index (χ3v) is 3.95. The normalized spacial score (nSPS) is 18.3. The number of likely N-dealkylation sites (tertiary alicyclic amines) is 1. The van der Waals surface area contributed by atoms with Crippen LogP contribution in [0.1, 0.15) is 26.7 Å². The smallest absolute Gasteiger partial charge is 0.319 e. The minimum Gasteiger partial charge on any atom is -0.369 e. The van der Waals surface area contributed by atoms with E-state index < -0.39 is 6.10 Å². The molecule has 1 heterocycles. The molecule has 1 saturated heterocycles.